The van der Waals surface area contributed by atoms with Gasteiger partial charge in [-0.2, -0.15) is 0 Å². The second-order valence-corrected chi connectivity index (χ2v) is 8.07. The molecule has 2 aromatic heterocycles. The lowest BCUT2D eigenvalue weighted by atomic mass is 9.92. The van der Waals surface area contributed by atoms with Crippen molar-refractivity contribution in [2.24, 2.45) is 0 Å². The van der Waals surface area contributed by atoms with E-state index < -0.39 is 0 Å². The first-order valence-electron chi connectivity index (χ1n) is 11.4. The zero-order valence-electron chi connectivity index (χ0n) is 19.4. The van der Waals surface area contributed by atoms with E-state index in [0.29, 0.717) is 54.2 Å². The maximum Gasteiger partial charge on any atom is 0.272 e. The molecule has 0 atom stereocenters. The molecule has 9 nitrogen and oxygen atoms in total. The number of rotatable bonds is 8. The molecule has 0 aliphatic carbocycles. The van der Waals surface area contributed by atoms with Crippen LogP contribution in [0.4, 0.5) is 5.82 Å². The highest BCUT2D eigenvalue weighted by Crippen LogP contribution is 2.35. The van der Waals surface area contributed by atoms with Gasteiger partial charge in [-0.15, -0.1) is 10.2 Å². The number of nitrogens with two attached hydrogens (primary N) is 1. The first kappa shape index (κ1) is 23.3. The molecule has 1 fully saturated rings. The average Bonchev–Trinajstić information content (AvgIpc) is 2.88. The van der Waals surface area contributed by atoms with Crippen LogP contribution in [0.2, 0.25) is 0 Å². The summed E-state index contributed by atoms with van der Waals surface area (Å²) in [6.45, 7) is 3.79. The Morgan fingerprint density at radius 2 is 1.85 bits per heavy atom. The van der Waals surface area contributed by atoms with Gasteiger partial charge in [-0.05, 0) is 31.4 Å². The molecule has 3 aromatic rings. The summed E-state index contributed by atoms with van der Waals surface area (Å²) in [5, 5.41) is 8.32. The monoisotopic (exact) mass is 463 g/mol. The molecule has 0 saturated carbocycles. The molecule has 1 saturated heterocycles. The number of amides is 1. The van der Waals surface area contributed by atoms with Crippen LogP contribution in [0, 0.1) is 0 Å². The van der Waals surface area contributed by atoms with Crippen LogP contribution < -0.4 is 19.9 Å². The fourth-order valence-corrected chi connectivity index (χ4v) is 3.92. The van der Waals surface area contributed by atoms with Gasteiger partial charge in [0.25, 0.3) is 5.91 Å². The Morgan fingerprint density at radius 3 is 2.56 bits per heavy atom. The minimum absolute atomic E-state index is 0.145. The third-order valence-corrected chi connectivity index (χ3v) is 5.68. The molecule has 1 amide bonds. The summed E-state index contributed by atoms with van der Waals surface area (Å²) in [7, 11) is 1.54. The second kappa shape index (κ2) is 10.8. The van der Waals surface area contributed by atoms with Crippen molar-refractivity contribution in [3.63, 3.8) is 0 Å². The van der Waals surface area contributed by atoms with Crippen LogP contribution in [-0.2, 0) is 0 Å². The maximum atomic E-state index is 13.1. The van der Waals surface area contributed by atoms with Crippen molar-refractivity contribution >= 4 is 11.7 Å². The number of methoxy groups -OCH3 is 1. The van der Waals surface area contributed by atoms with Gasteiger partial charge in [0.15, 0.2) is 11.5 Å². The van der Waals surface area contributed by atoms with Gasteiger partial charge in [0, 0.05) is 31.1 Å². The number of hydrogen-bond donors (Lipinski definition) is 1. The van der Waals surface area contributed by atoms with E-state index in [1.807, 2.05) is 37.3 Å². The maximum absolute atomic E-state index is 13.1. The predicted molar refractivity (Wildman–Crippen MR) is 127 cm³/mol. The number of ether oxygens (including phenoxy) is 3. The van der Waals surface area contributed by atoms with Crippen LogP contribution in [-0.4, -0.2) is 52.8 Å². The number of benzene rings is 1. The fraction of sp³-hybridized carbons (Fsp3) is 0.360. The third-order valence-electron chi connectivity index (χ3n) is 5.68. The van der Waals surface area contributed by atoms with E-state index in [4.69, 9.17) is 19.9 Å². The molecule has 2 N–H and O–H groups in total. The molecule has 0 spiro atoms. The molecule has 0 unspecified atom stereocenters. The lowest BCUT2D eigenvalue weighted by Crippen LogP contribution is -2.38. The minimum atomic E-state index is -0.145. The summed E-state index contributed by atoms with van der Waals surface area (Å²) in [5.74, 6) is 2.58. The number of likely N-dealkylation sites (tertiary alicyclic amines) is 1. The van der Waals surface area contributed by atoms with E-state index >= 15 is 0 Å². The van der Waals surface area contributed by atoms with Gasteiger partial charge in [-0.3, -0.25) is 4.79 Å². The van der Waals surface area contributed by atoms with Gasteiger partial charge >= 0.3 is 0 Å². The van der Waals surface area contributed by atoms with Gasteiger partial charge in [-0.25, -0.2) is 4.98 Å². The van der Waals surface area contributed by atoms with E-state index in [9.17, 15) is 4.79 Å². The van der Waals surface area contributed by atoms with Crippen LogP contribution in [0.5, 0.6) is 23.0 Å². The largest absolute Gasteiger partial charge is 0.493 e. The van der Waals surface area contributed by atoms with Crippen molar-refractivity contribution in [3.05, 3.63) is 60.0 Å². The molecule has 4 rings (SSSR count). The van der Waals surface area contributed by atoms with Gasteiger partial charge in [-0.1, -0.05) is 25.1 Å². The van der Waals surface area contributed by atoms with E-state index in [-0.39, 0.29) is 11.8 Å². The highest BCUT2D eigenvalue weighted by Gasteiger charge is 2.29. The number of nitrogen functional groups attached to an aromatic ring is 1. The lowest BCUT2D eigenvalue weighted by molar-refractivity contribution is 0.0704. The molecule has 1 aliphatic heterocycles. The smallest absolute Gasteiger partial charge is 0.272 e. The predicted octanol–water partition coefficient (Wildman–Crippen LogP) is 4.06. The number of aromatic nitrogens is 3. The van der Waals surface area contributed by atoms with Crippen molar-refractivity contribution < 1.29 is 19.0 Å². The van der Waals surface area contributed by atoms with Crippen molar-refractivity contribution in [2.75, 3.05) is 32.5 Å². The summed E-state index contributed by atoms with van der Waals surface area (Å²) >= 11 is 0. The van der Waals surface area contributed by atoms with Crippen LogP contribution in [0.15, 0.2) is 48.7 Å². The zero-order chi connectivity index (χ0) is 23.9. The van der Waals surface area contributed by atoms with E-state index in [2.05, 4.69) is 15.2 Å². The Labute approximate surface area is 198 Å². The molecule has 1 aromatic carbocycles. The molecule has 9 heteroatoms. The van der Waals surface area contributed by atoms with Crippen LogP contribution in [0.25, 0.3) is 0 Å². The average molecular weight is 464 g/mol. The summed E-state index contributed by atoms with van der Waals surface area (Å²) in [4.78, 5) is 19.3. The number of pyridine rings is 1. The summed E-state index contributed by atoms with van der Waals surface area (Å²) < 4.78 is 17.1. The molecule has 178 valence electrons. The van der Waals surface area contributed by atoms with Crippen LogP contribution >= 0.6 is 0 Å². The minimum Gasteiger partial charge on any atom is -0.493 e. The Hall–Kier alpha value is -3.88. The first-order valence-corrected chi connectivity index (χ1v) is 11.4. The Morgan fingerprint density at radius 1 is 1.09 bits per heavy atom. The molecule has 34 heavy (non-hydrogen) atoms. The van der Waals surface area contributed by atoms with Crippen molar-refractivity contribution in [3.8, 4) is 23.0 Å². The highest BCUT2D eigenvalue weighted by atomic mass is 16.5. The molecular formula is C25H29N5O4. The summed E-state index contributed by atoms with van der Waals surface area (Å²) in [6.07, 6.45) is 3.91. The Kier molecular flexibility index (Phi) is 7.41. The second-order valence-electron chi connectivity index (χ2n) is 8.07. The molecule has 0 bridgehead atoms. The number of anilines is 1. The van der Waals surface area contributed by atoms with Gasteiger partial charge in [0.1, 0.15) is 28.7 Å². The first-order chi connectivity index (χ1) is 16.6. The van der Waals surface area contributed by atoms with Gasteiger partial charge in [0.2, 0.25) is 0 Å². The number of para-hydroxylation sites is 1. The van der Waals surface area contributed by atoms with Gasteiger partial charge < -0.3 is 24.8 Å². The van der Waals surface area contributed by atoms with Gasteiger partial charge in [0.05, 0.1) is 19.9 Å². The zero-order valence-corrected chi connectivity index (χ0v) is 19.4. The highest BCUT2D eigenvalue weighted by molar-refractivity contribution is 5.93. The number of hydrogen-bond acceptors (Lipinski definition) is 8. The molecule has 3 heterocycles. The SMILES string of the molecule is CCCOc1cc(N)nnc1C1CCN(C(=O)c2cc(OC)c(Oc3ccccc3)cn2)CC1. The molecule has 0 radical (unpaired) electrons. The number of carbonyl (C=O) groups is 1. The summed E-state index contributed by atoms with van der Waals surface area (Å²) in [6, 6.07) is 12.7. The lowest BCUT2D eigenvalue weighted by Gasteiger charge is -2.32. The Balaban J connectivity index is 1.43. The van der Waals surface area contributed by atoms with Crippen molar-refractivity contribution in [1.82, 2.24) is 20.1 Å². The third kappa shape index (κ3) is 5.36. The fourth-order valence-electron chi connectivity index (χ4n) is 3.92. The normalized spacial score (nSPS) is 14.0. The van der Waals surface area contributed by atoms with Crippen molar-refractivity contribution in [2.45, 2.75) is 32.1 Å². The van der Waals surface area contributed by atoms with Crippen LogP contribution in [0.3, 0.4) is 0 Å². The Bertz CT molecular complexity index is 1120. The molecule has 1 aliphatic rings. The van der Waals surface area contributed by atoms with Crippen molar-refractivity contribution in [1.29, 1.82) is 0 Å². The topological polar surface area (TPSA) is 113 Å². The van der Waals surface area contributed by atoms with E-state index in [1.54, 1.807) is 24.1 Å². The standard InChI is InChI=1S/C25H29N5O4/c1-3-13-33-21-15-23(26)28-29-24(21)17-9-11-30(12-10-17)25(31)19-14-20(32-2)22(16-27-19)34-18-7-5-4-6-8-18/h4-8,14-17H,3,9-13H2,1-2H3,(H2,26,28). The number of nitrogens with zero attached hydrogens (tertiary/aromatic N) is 4. The summed E-state index contributed by atoms with van der Waals surface area (Å²) in [5.41, 5.74) is 6.92. The van der Waals surface area contributed by atoms with E-state index in [0.717, 1.165) is 25.0 Å². The van der Waals surface area contributed by atoms with Crippen LogP contribution in [0.1, 0.15) is 48.3 Å². The quantitative estimate of drug-likeness (QED) is 0.532. The number of carbonyl (C=O) groups excluding carboxylic acids is 1. The van der Waals surface area contributed by atoms with E-state index in [1.165, 1.54) is 6.20 Å². The number of piperidine rings is 1. The molecular weight excluding hydrogens is 434 g/mol.